The van der Waals surface area contributed by atoms with Crippen molar-refractivity contribution in [1.82, 2.24) is 9.78 Å². The lowest BCUT2D eigenvalue weighted by Crippen LogP contribution is -2.37. The number of amides is 1. The summed E-state index contributed by atoms with van der Waals surface area (Å²) in [6.45, 7) is 1.53. The van der Waals surface area contributed by atoms with Crippen molar-refractivity contribution in [2.75, 3.05) is 19.1 Å². The molecule has 0 saturated carbocycles. The first-order chi connectivity index (χ1) is 13.5. The number of carbonyl (C=O) groups is 2. The van der Waals surface area contributed by atoms with Crippen LogP contribution in [0.25, 0.3) is 5.69 Å². The Morgan fingerprint density at radius 2 is 1.64 bits per heavy atom. The zero-order valence-corrected chi connectivity index (χ0v) is 15.9. The van der Waals surface area contributed by atoms with Crippen LogP contribution in [0.1, 0.15) is 17.4 Å². The number of esters is 1. The highest BCUT2D eigenvalue weighted by molar-refractivity contribution is 5.98. The molecule has 2 aromatic carbocycles. The molecule has 1 atom stereocenters. The van der Waals surface area contributed by atoms with Crippen LogP contribution in [0.4, 0.5) is 5.69 Å². The summed E-state index contributed by atoms with van der Waals surface area (Å²) < 4.78 is 12.1. The topological polar surface area (TPSA) is 73.7 Å². The highest BCUT2D eigenvalue weighted by atomic mass is 16.6. The molecular weight excluding hydrogens is 358 g/mol. The van der Waals surface area contributed by atoms with E-state index in [2.05, 4.69) is 5.10 Å². The summed E-state index contributed by atoms with van der Waals surface area (Å²) >= 11 is 0. The van der Waals surface area contributed by atoms with E-state index in [-0.39, 0.29) is 17.4 Å². The Kier molecular flexibility index (Phi) is 5.74. The second-order valence-corrected chi connectivity index (χ2v) is 6.11. The van der Waals surface area contributed by atoms with E-state index in [1.54, 1.807) is 25.4 Å². The van der Waals surface area contributed by atoms with Crippen molar-refractivity contribution in [1.29, 1.82) is 0 Å². The van der Waals surface area contributed by atoms with Gasteiger partial charge in [0.1, 0.15) is 0 Å². The SMILES string of the molecule is COc1cn(-c2ccccc2)nc1C(=O)O[C@@H](C)C(=O)N(C)c1ccccc1. The number of hydrogen-bond donors (Lipinski definition) is 0. The summed E-state index contributed by atoms with van der Waals surface area (Å²) in [6.07, 6.45) is 0.610. The number of nitrogens with zero attached hydrogens (tertiary/aromatic N) is 3. The lowest BCUT2D eigenvalue weighted by atomic mass is 10.2. The van der Waals surface area contributed by atoms with Gasteiger partial charge in [-0.1, -0.05) is 36.4 Å². The fourth-order valence-electron chi connectivity index (χ4n) is 2.68. The molecule has 0 aliphatic carbocycles. The average molecular weight is 379 g/mol. The Balaban J connectivity index is 1.75. The highest BCUT2D eigenvalue weighted by Gasteiger charge is 2.27. The summed E-state index contributed by atoms with van der Waals surface area (Å²) in [4.78, 5) is 26.6. The largest absolute Gasteiger partial charge is 0.493 e. The third-order valence-corrected chi connectivity index (χ3v) is 4.22. The van der Waals surface area contributed by atoms with Gasteiger partial charge in [-0.2, -0.15) is 5.10 Å². The number of rotatable bonds is 6. The minimum absolute atomic E-state index is 0.00775. The predicted octanol–water partition coefficient (Wildman–Crippen LogP) is 3.09. The van der Waals surface area contributed by atoms with Gasteiger partial charge in [0, 0.05) is 12.7 Å². The molecule has 0 aliphatic heterocycles. The molecule has 0 spiro atoms. The van der Waals surface area contributed by atoms with Crippen LogP contribution >= 0.6 is 0 Å². The normalized spacial score (nSPS) is 11.5. The molecule has 7 nitrogen and oxygen atoms in total. The zero-order chi connectivity index (χ0) is 20.1. The highest BCUT2D eigenvalue weighted by Crippen LogP contribution is 2.21. The van der Waals surface area contributed by atoms with Crippen LogP contribution in [-0.4, -0.2) is 41.9 Å². The van der Waals surface area contributed by atoms with Crippen molar-refractivity contribution in [2.24, 2.45) is 0 Å². The first-order valence-electron chi connectivity index (χ1n) is 8.74. The van der Waals surface area contributed by atoms with Crippen molar-refractivity contribution < 1.29 is 19.1 Å². The van der Waals surface area contributed by atoms with Gasteiger partial charge in [-0.05, 0) is 31.2 Å². The molecule has 28 heavy (non-hydrogen) atoms. The third kappa shape index (κ3) is 4.03. The minimum Gasteiger partial charge on any atom is -0.493 e. The summed E-state index contributed by atoms with van der Waals surface area (Å²) in [7, 11) is 3.08. The molecule has 7 heteroatoms. The number of anilines is 1. The second kappa shape index (κ2) is 8.39. The molecule has 1 heterocycles. The fourth-order valence-corrected chi connectivity index (χ4v) is 2.68. The number of carbonyl (C=O) groups excluding carboxylic acids is 2. The van der Waals surface area contributed by atoms with E-state index in [0.29, 0.717) is 5.69 Å². The van der Waals surface area contributed by atoms with Gasteiger partial charge >= 0.3 is 5.97 Å². The first kappa shape index (κ1) is 19.2. The van der Waals surface area contributed by atoms with Crippen molar-refractivity contribution in [3.63, 3.8) is 0 Å². The van der Waals surface area contributed by atoms with Crippen LogP contribution in [0.15, 0.2) is 66.9 Å². The third-order valence-electron chi connectivity index (χ3n) is 4.22. The Labute approximate surface area is 163 Å². The van der Waals surface area contributed by atoms with Gasteiger partial charge in [-0.25, -0.2) is 9.48 Å². The molecule has 3 aromatic rings. The molecule has 0 saturated heterocycles. The number of methoxy groups -OCH3 is 1. The van der Waals surface area contributed by atoms with Crippen molar-refractivity contribution in [3.8, 4) is 11.4 Å². The maximum Gasteiger partial charge on any atom is 0.363 e. The molecule has 1 amide bonds. The molecule has 0 radical (unpaired) electrons. The molecule has 0 fully saturated rings. The van der Waals surface area contributed by atoms with E-state index in [4.69, 9.17) is 9.47 Å². The predicted molar refractivity (Wildman–Crippen MR) is 105 cm³/mol. The van der Waals surface area contributed by atoms with Crippen LogP contribution in [-0.2, 0) is 9.53 Å². The Morgan fingerprint density at radius 1 is 1.04 bits per heavy atom. The molecule has 144 valence electrons. The number of likely N-dealkylation sites (N-methyl/N-ethyl adjacent to an activating group) is 1. The summed E-state index contributed by atoms with van der Waals surface area (Å²) in [6, 6.07) is 18.4. The minimum atomic E-state index is -0.982. The summed E-state index contributed by atoms with van der Waals surface area (Å²) in [5.41, 5.74) is 1.49. The Bertz CT molecular complexity index is 954. The number of aromatic nitrogens is 2. The molecular formula is C21H21N3O4. The van der Waals surface area contributed by atoms with Gasteiger partial charge in [0.05, 0.1) is 19.0 Å². The van der Waals surface area contributed by atoms with Crippen LogP contribution < -0.4 is 9.64 Å². The lowest BCUT2D eigenvalue weighted by Gasteiger charge is -2.21. The van der Waals surface area contributed by atoms with Crippen LogP contribution in [0.3, 0.4) is 0 Å². The molecule has 3 rings (SSSR count). The van der Waals surface area contributed by atoms with E-state index in [0.717, 1.165) is 5.69 Å². The van der Waals surface area contributed by atoms with E-state index in [1.165, 1.54) is 23.6 Å². The van der Waals surface area contributed by atoms with Crippen LogP contribution in [0, 0.1) is 0 Å². The number of benzene rings is 2. The smallest absolute Gasteiger partial charge is 0.363 e. The number of para-hydroxylation sites is 2. The number of ether oxygens (including phenoxy) is 2. The first-order valence-corrected chi connectivity index (χ1v) is 8.74. The summed E-state index contributed by atoms with van der Waals surface area (Å²) in [5.74, 6) is -0.806. The zero-order valence-electron chi connectivity index (χ0n) is 15.9. The molecule has 0 aliphatic rings. The van der Waals surface area contributed by atoms with Gasteiger partial charge in [0.25, 0.3) is 5.91 Å². The van der Waals surface area contributed by atoms with E-state index < -0.39 is 12.1 Å². The molecule has 0 unspecified atom stereocenters. The van der Waals surface area contributed by atoms with E-state index >= 15 is 0 Å². The maximum atomic E-state index is 12.6. The second-order valence-electron chi connectivity index (χ2n) is 6.11. The van der Waals surface area contributed by atoms with Crippen molar-refractivity contribution >= 4 is 17.6 Å². The fraction of sp³-hybridized carbons (Fsp3) is 0.190. The quantitative estimate of drug-likeness (QED) is 0.616. The van der Waals surface area contributed by atoms with E-state index in [9.17, 15) is 9.59 Å². The Morgan fingerprint density at radius 3 is 2.25 bits per heavy atom. The average Bonchev–Trinajstić information content (AvgIpc) is 3.18. The van der Waals surface area contributed by atoms with E-state index in [1.807, 2.05) is 48.5 Å². The van der Waals surface area contributed by atoms with Gasteiger partial charge in [0.15, 0.2) is 11.9 Å². The summed E-state index contributed by atoms with van der Waals surface area (Å²) in [5, 5.41) is 4.26. The lowest BCUT2D eigenvalue weighted by molar-refractivity contribution is -0.126. The molecule has 0 bridgehead atoms. The monoisotopic (exact) mass is 379 g/mol. The maximum absolute atomic E-state index is 12.6. The van der Waals surface area contributed by atoms with Gasteiger partial charge in [-0.15, -0.1) is 0 Å². The van der Waals surface area contributed by atoms with Crippen LogP contribution in [0.2, 0.25) is 0 Å². The standard InChI is InChI=1S/C21H21N3O4/c1-15(20(25)23(2)16-10-6-4-7-11-16)28-21(26)19-18(27-3)14-24(22-19)17-12-8-5-9-13-17/h4-15H,1-3H3/t15-/m0/s1. The van der Waals surface area contributed by atoms with Gasteiger partial charge in [0.2, 0.25) is 5.69 Å². The van der Waals surface area contributed by atoms with Gasteiger partial charge in [-0.3, -0.25) is 4.79 Å². The molecule has 0 N–H and O–H groups in total. The van der Waals surface area contributed by atoms with Gasteiger partial charge < -0.3 is 14.4 Å². The molecule has 1 aromatic heterocycles. The number of hydrogen-bond acceptors (Lipinski definition) is 5. The van der Waals surface area contributed by atoms with Crippen LogP contribution in [0.5, 0.6) is 5.75 Å². The van der Waals surface area contributed by atoms with Crippen molar-refractivity contribution in [2.45, 2.75) is 13.0 Å². The van der Waals surface area contributed by atoms with Crippen molar-refractivity contribution in [3.05, 3.63) is 72.6 Å². The Hall–Kier alpha value is -3.61.